The van der Waals surface area contributed by atoms with Crippen molar-refractivity contribution < 1.29 is 14.3 Å². The summed E-state index contributed by atoms with van der Waals surface area (Å²) in [5.41, 5.74) is 3.95. The molecule has 0 aromatic heterocycles. The van der Waals surface area contributed by atoms with E-state index in [2.05, 4.69) is 36.1 Å². The van der Waals surface area contributed by atoms with Gasteiger partial charge in [-0.15, -0.1) is 0 Å². The Morgan fingerprint density at radius 1 is 1.04 bits per heavy atom. The molecule has 0 atom stereocenters. The summed E-state index contributed by atoms with van der Waals surface area (Å²) in [5, 5.41) is 0. The molecule has 5 nitrogen and oxygen atoms in total. The van der Waals surface area contributed by atoms with Gasteiger partial charge in [-0.1, -0.05) is 29.8 Å². The van der Waals surface area contributed by atoms with E-state index in [0.717, 1.165) is 38.3 Å². The van der Waals surface area contributed by atoms with Crippen LogP contribution < -0.4 is 4.74 Å². The maximum absolute atomic E-state index is 12.8. The second-order valence-corrected chi connectivity index (χ2v) is 7.41. The summed E-state index contributed by atoms with van der Waals surface area (Å²) in [7, 11) is 1.58. The molecule has 5 heteroatoms. The molecule has 3 rings (SSSR count). The van der Waals surface area contributed by atoms with Crippen molar-refractivity contribution in [3.8, 4) is 5.75 Å². The highest BCUT2D eigenvalue weighted by Gasteiger charge is 2.22. The first-order valence-electron chi connectivity index (χ1n) is 9.70. The zero-order valence-corrected chi connectivity index (χ0v) is 16.9. The van der Waals surface area contributed by atoms with Crippen molar-refractivity contribution in [2.75, 3.05) is 33.3 Å². The molecular formula is C23H28N2O3. The highest BCUT2D eigenvalue weighted by atomic mass is 16.5. The SMILES string of the molecule is COc1ccc(C(C)=O)cc1CC(=O)N1CCN(Cc2cccc(C)c2)CC1. The minimum atomic E-state index is -0.0129. The Labute approximate surface area is 166 Å². The first-order valence-corrected chi connectivity index (χ1v) is 9.70. The molecule has 1 saturated heterocycles. The maximum atomic E-state index is 12.8. The predicted molar refractivity (Wildman–Crippen MR) is 110 cm³/mol. The van der Waals surface area contributed by atoms with Crippen LogP contribution in [0.1, 0.15) is 34.0 Å². The van der Waals surface area contributed by atoms with Gasteiger partial charge in [0.15, 0.2) is 5.78 Å². The average Bonchev–Trinajstić information content (AvgIpc) is 2.68. The van der Waals surface area contributed by atoms with Gasteiger partial charge in [0.1, 0.15) is 5.75 Å². The molecule has 1 amide bonds. The largest absolute Gasteiger partial charge is 0.496 e. The van der Waals surface area contributed by atoms with E-state index in [0.29, 0.717) is 11.3 Å². The number of aryl methyl sites for hydroxylation is 1. The molecule has 1 fully saturated rings. The molecular weight excluding hydrogens is 352 g/mol. The second kappa shape index (κ2) is 9.02. The summed E-state index contributed by atoms with van der Waals surface area (Å²) in [5.74, 6) is 0.715. The monoisotopic (exact) mass is 380 g/mol. The zero-order chi connectivity index (χ0) is 20.1. The van der Waals surface area contributed by atoms with E-state index in [1.54, 1.807) is 25.3 Å². The molecule has 28 heavy (non-hydrogen) atoms. The van der Waals surface area contributed by atoms with Crippen LogP contribution in [0.4, 0.5) is 0 Å². The van der Waals surface area contributed by atoms with Crippen molar-refractivity contribution in [1.82, 2.24) is 9.80 Å². The minimum Gasteiger partial charge on any atom is -0.496 e. The third kappa shape index (κ3) is 4.98. The van der Waals surface area contributed by atoms with Crippen LogP contribution in [0, 0.1) is 6.92 Å². The number of benzene rings is 2. The molecule has 2 aromatic carbocycles. The van der Waals surface area contributed by atoms with Crippen LogP contribution in [0.5, 0.6) is 5.75 Å². The highest BCUT2D eigenvalue weighted by molar-refractivity contribution is 5.94. The Balaban J connectivity index is 1.58. The van der Waals surface area contributed by atoms with Gasteiger partial charge in [-0.25, -0.2) is 0 Å². The Hall–Kier alpha value is -2.66. The number of ether oxygens (including phenoxy) is 1. The van der Waals surface area contributed by atoms with Crippen molar-refractivity contribution in [3.05, 3.63) is 64.7 Å². The number of amides is 1. The lowest BCUT2D eigenvalue weighted by atomic mass is 10.0. The molecule has 0 spiro atoms. The number of piperazine rings is 1. The van der Waals surface area contributed by atoms with Gasteiger partial charge in [0, 0.05) is 43.9 Å². The van der Waals surface area contributed by atoms with Gasteiger partial charge in [-0.05, 0) is 37.6 Å². The molecule has 0 N–H and O–H groups in total. The third-order valence-corrected chi connectivity index (χ3v) is 5.24. The van der Waals surface area contributed by atoms with E-state index >= 15 is 0 Å². The van der Waals surface area contributed by atoms with Crippen LogP contribution in [-0.2, 0) is 17.8 Å². The van der Waals surface area contributed by atoms with Gasteiger partial charge < -0.3 is 9.64 Å². The van der Waals surface area contributed by atoms with Gasteiger partial charge in [0.05, 0.1) is 13.5 Å². The fourth-order valence-corrected chi connectivity index (χ4v) is 3.63. The summed E-state index contributed by atoms with van der Waals surface area (Å²) in [6.45, 7) is 7.72. The number of carbonyl (C=O) groups is 2. The molecule has 0 bridgehead atoms. The van der Waals surface area contributed by atoms with Crippen LogP contribution in [0.25, 0.3) is 0 Å². The average molecular weight is 380 g/mol. The smallest absolute Gasteiger partial charge is 0.227 e. The van der Waals surface area contributed by atoms with Crippen LogP contribution in [0.3, 0.4) is 0 Å². The number of ketones is 1. The lowest BCUT2D eigenvalue weighted by Gasteiger charge is -2.35. The van der Waals surface area contributed by atoms with E-state index in [4.69, 9.17) is 4.74 Å². The lowest BCUT2D eigenvalue weighted by molar-refractivity contribution is -0.132. The van der Waals surface area contributed by atoms with Gasteiger partial charge in [0.2, 0.25) is 5.91 Å². The lowest BCUT2D eigenvalue weighted by Crippen LogP contribution is -2.48. The summed E-state index contributed by atoms with van der Waals surface area (Å²) in [6, 6.07) is 13.8. The van der Waals surface area contributed by atoms with E-state index < -0.39 is 0 Å². The molecule has 1 aliphatic heterocycles. The molecule has 1 heterocycles. The Kier molecular flexibility index (Phi) is 6.47. The van der Waals surface area contributed by atoms with Crippen LogP contribution in [0.2, 0.25) is 0 Å². The van der Waals surface area contributed by atoms with E-state index in [1.807, 2.05) is 4.90 Å². The summed E-state index contributed by atoms with van der Waals surface area (Å²) >= 11 is 0. The second-order valence-electron chi connectivity index (χ2n) is 7.41. The van der Waals surface area contributed by atoms with Gasteiger partial charge in [0.25, 0.3) is 0 Å². The molecule has 1 aliphatic rings. The highest BCUT2D eigenvalue weighted by Crippen LogP contribution is 2.22. The fourth-order valence-electron chi connectivity index (χ4n) is 3.63. The Morgan fingerprint density at radius 2 is 1.79 bits per heavy atom. The summed E-state index contributed by atoms with van der Waals surface area (Å²) < 4.78 is 5.37. The number of carbonyl (C=O) groups excluding carboxylic acids is 2. The zero-order valence-electron chi connectivity index (χ0n) is 16.9. The van der Waals surface area contributed by atoms with Crippen LogP contribution >= 0.6 is 0 Å². The first-order chi connectivity index (χ1) is 13.5. The molecule has 0 aliphatic carbocycles. The number of hydrogen-bond acceptors (Lipinski definition) is 4. The molecule has 0 radical (unpaired) electrons. The topological polar surface area (TPSA) is 49.9 Å². The predicted octanol–water partition coefficient (Wildman–Crippen LogP) is 3.09. The van der Waals surface area contributed by atoms with Crippen molar-refractivity contribution in [3.63, 3.8) is 0 Å². The van der Waals surface area contributed by atoms with Crippen LogP contribution in [-0.4, -0.2) is 54.8 Å². The van der Waals surface area contributed by atoms with Crippen molar-refractivity contribution in [1.29, 1.82) is 0 Å². The fraction of sp³-hybridized carbons (Fsp3) is 0.391. The molecule has 0 saturated carbocycles. The Bertz CT molecular complexity index is 855. The van der Waals surface area contributed by atoms with Crippen molar-refractivity contribution in [2.24, 2.45) is 0 Å². The first kappa shape index (κ1) is 20.1. The van der Waals surface area contributed by atoms with Crippen molar-refractivity contribution >= 4 is 11.7 Å². The van der Waals surface area contributed by atoms with Gasteiger partial charge in [-0.3, -0.25) is 14.5 Å². The van der Waals surface area contributed by atoms with Gasteiger partial charge >= 0.3 is 0 Å². The van der Waals surface area contributed by atoms with Crippen LogP contribution in [0.15, 0.2) is 42.5 Å². The van der Waals surface area contributed by atoms with Gasteiger partial charge in [-0.2, -0.15) is 0 Å². The number of Topliss-reactive ketones (excluding diaryl/α,β-unsaturated/α-hetero) is 1. The standard InChI is InChI=1S/C23H28N2O3/c1-17-5-4-6-19(13-17)16-24-9-11-25(12-10-24)23(27)15-21-14-20(18(2)26)7-8-22(21)28-3/h4-8,13-14H,9-12,15-16H2,1-3H3. The number of methoxy groups -OCH3 is 1. The Morgan fingerprint density at radius 3 is 2.43 bits per heavy atom. The maximum Gasteiger partial charge on any atom is 0.227 e. The molecule has 148 valence electrons. The summed E-state index contributed by atoms with van der Waals surface area (Å²) in [6.07, 6.45) is 0.252. The van der Waals surface area contributed by atoms with Crippen molar-refractivity contribution in [2.45, 2.75) is 26.8 Å². The number of hydrogen-bond donors (Lipinski definition) is 0. The number of rotatable bonds is 6. The number of nitrogens with zero attached hydrogens (tertiary/aromatic N) is 2. The quantitative estimate of drug-likeness (QED) is 0.723. The summed E-state index contributed by atoms with van der Waals surface area (Å²) in [4.78, 5) is 28.7. The van der Waals surface area contributed by atoms with E-state index in [9.17, 15) is 9.59 Å². The molecule has 0 unspecified atom stereocenters. The third-order valence-electron chi connectivity index (χ3n) is 5.24. The van der Waals surface area contributed by atoms with E-state index in [1.165, 1.54) is 18.1 Å². The van der Waals surface area contributed by atoms with E-state index in [-0.39, 0.29) is 18.1 Å². The normalized spacial score (nSPS) is 14.8. The molecule has 2 aromatic rings. The minimum absolute atomic E-state index is 0.0129.